The van der Waals surface area contributed by atoms with Crippen LogP contribution in [0.1, 0.15) is 19.4 Å². The average molecular weight is 267 g/mol. The zero-order chi connectivity index (χ0) is 11.3. The Morgan fingerprint density at radius 1 is 1.33 bits per heavy atom. The van der Waals surface area contributed by atoms with Gasteiger partial charge in [0.05, 0.1) is 0 Å². The quantitative estimate of drug-likeness (QED) is 0.667. The van der Waals surface area contributed by atoms with E-state index in [1.54, 1.807) is 5.48 Å². The highest BCUT2D eigenvalue weighted by Gasteiger charge is 2.01. The summed E-state index contributed by atoms with van der Waals surface area (Å²) in [6, 6.07) is 8.00. The Balaban J connectivity index is 3.04. The Bertz CT molecular complexity index is 379. The van der Waals surface area contributed by atoms with Crippen LogP contribution in [0.5, 0.6) is 0 Å². The van der Waals surface area contributed by atoms with Crippen LogP contribution in [0, 0.1) is 5.21 Å². The molecule has 0 amide bonds. The molecule has 3 heteroatoms. The molecule has 1 N–H and O–H groups in total. The first-order chi connectivity index (χ1) is 7.19. The van der Waals surface area contributed by atoms with E-state index < -0.39 is 0 Å². The van der Waals surface area contributed by atoms with Crippen LogP contribution in [0.4, 0.5) is 0 Å². The largest absolute Gasteiger partial charge is 0.761 e. The molecule has 0 saturated carbocycles. The van der Waals surface area contributed by atoms with Crippen molar-refractivity contribution in [3.8, 4) is 0 Å². The van der Waals surface area contributed by atoms with Crippen LogP contribution in [-0.2, 0) is 0 Å². The molecular weight excluding hydrogens is 254 g/mol. The Kier molecular flexibility index (Phi) is 4.59. The summed E-state index contributed by atoms with van der Waals surface area (Å²) in [5.74, 6) is 0. The molecule has 1 aromatic carbocycles. The molecule has 15 heavy (non-hydrogen) atoms. The summed E-state index contributed by atoms with van der Waals surface area (Å²) in [5.41, 5.74) is 4.89. The van der Waals surface area contributed by atoms with Crippen molar-refractivity contribution in [1.82, 2.24) is 5.48 Å². The first-order valence-electron chi connectivity index (χ1n) is 4.66. The number of hydrogen-bond acceptors (Lipinski definition) is 2. The van der Waals surface area contributed by atoms with Crippen molar-refractivity contribution in [1.29, 1.82) is 0 Å². The molecule has 80 valence electrons. The fraction of sp³-hybridized carbons (Fsp3) is 0.167. The second kappa shape index (κ2) is 5.73. The molecule has 0 bridgehead atoms. The van der Waals surface area contributed by atoms with E-state index in [0.29, 0.717) is 0 Å². The van der Waals surface area contributed by atoms with Crippen molar-refractivity contribution in [2.24, 2.45) is 0 Å². The summed E-state index contributed by atoms with van der Waals surface area (Å²) in [5, 5.41) is 10.3. The highest BCUT2D eigenvalue weighted by Crippen LogP contribution is 2.23. The van der Waals surface area contributed by atoms with Crippen LogP contribution in [0.25, 0.3) is 5.57 Å². The first-order valence-corrected chi connectivity index (χ1v) is 5.45. The van der Waals surface area contributed by atoms with Gasteiger partial charge in [-0.05, 0) is 48.9 Å². The van der Waals surface area contributed by atoms with E-state index in [0.717, 1.165) is 21.2 Å². The first kappa shape index (κ1) is 12.0. The molecule has 1 aromatic rings. The van der Waals surface area contributed by atoms with E-state index in [1.165, 1.54) is 6.20 Å². The lowest BCUT2D eigenvalue weighted by molar-refractivity contribution is 1.18. The third-order valence-corrected chi connectivity index (χ3v) is 2.67. The minimum Gasteiger partial charge on any atom is -0.761 e. The topological polar surface area (TPSA) is 35.1 Å². The van der Waals surface area contributed by atoms with Gasteiger partial charge in [0.2, 0.25) is 0 Å². The van der Waals surface area contributed by atoms with Gasteiger partial charge < -0.3 is 10.7 Å². The zero-order valence-electron chi connectivity index (χ0n) is 8.75. The van der Waals surface area contributed by atoms with E-state index in [-0.39, 0.29) is 0 Å². The fourth-order valence-electron chi connectivity index (χ4n) is 1.42. The van der Waals surface area contributed by atoms with Crippen LogP contribution in [0.15, 0.2) is 46.6 Å². The zero-order valence-corrected chi connectivity index (χ0v) is 10.3. The summed E-state index contributed by atoms with van der Waals surface area (Å²) in [6.45, 7) is 3.86. The summed E-state index contributed by atoms with van der Waals surface area (Å²) in [4.78, 5) is 0. The Morgan fingerprint density at radius 3 is 2.40 bits per heavy atom. The van der Waals surface area contributed by atoms with Gasteiger partial charge in [-0.3, -0.25) is 0 Å². The molecule has 0 spiro atoms. The number of hydroxylamine groups is 1. The van der Waals surface area contributed by atoms with Crippen molar-refractivity contribution in [2.45, 2.75) is 13.8 Å². The van der Waals surface area contributed by atoms with Crippen molar-refractivity contribution in [3.05, 3.63) is 57.4 Å². The summed E-state index contributed by atoms with van der Waals surface area (Å²) < 4.78 is 1.05. The van der Waals surface area contributed by atoms with Crippen molar-refractivity contribution in [3.63, 3.8) is 0 Å². The van der Waals surface area contributed by atoms with Gasteiger partial charge >= 0.3 is 0 Å². The van der Waals surface area contributed by atoms with Crippen molar-refractivity contribution >= 4 is 21.5 Å². The smallest absolute Gasteiger partial charge is 0.0175 e. The minimum atomic E-state index is 0.926. The molecule has 0 atom stereocenters. The minimum absolute atomic E-state index is 0.926. The number of halogens is 1. The predicted octanol–water partition coefficient (Wildman–Crippen LogP) is 3.84. The molecule has 0 unspecified atom stereocenters. The monoisotopic (exact) mass is 266 g/mol. The lowest BCUT2D eigenvalue weighted by atomic mass is 10.00. The molecule has 2 nitrogen and oxygen atoms in total. The summed E-state index contributed by atoms with van der Waals surface area (Å²) in [7, 11) is 0. The maximum Gasteiger partial charge on any atom is 0.0175 e. The lowest BCUT2D eigenvalue weighted by Gasteiger charge is -2.10. The van der Waals surface area contributed by atoms with Gasteiger partial charge in [0, 0.05) is 4.47 Å². The van der Waals surface area contributed by atoms with E-state index in [9.17, 15) is 5.21 Å². The summed E-state index contributed by atoms with van der Waals surface area (Å²) >= 11 is 3.39. The maximum atomic E-state index is 10.3. The normalized spacial score (nSPS) is 12.8. The number of rotatable bonds is 3. The molecule has 0 saturated heterocycles. The number of hydrogen-bond donors (Lipinski definition) is 1. The van der Waals surface area contributed by atoms with Crippen LogP contribution in [-0.4, -0.2) is 0 Å². The third-order valence-electron chi connectivity index (χ3n) is 2.14. The number of nitrogens with one attached hydrogen (secondary N) is 1. The van der Waals surface area contributed by atoms with Gasteiger partial charge in [0.25, 0.3) is 0 Å². The van der Waals surface area contributed by atoms with Crippen molar-refractivity contribution in [2.75, 3.05) is 0 Å². The molecular formula is C12H13BrNO-. The molecule has 0 heterocycles. The van der Waals surface area contributed by atoms with Crippen LogP contribution in [0.3, 0.4) is 0 Å². The Labute approximate surface area is 98.4 Å². The maximum absolute atomic E-state index is 10.3. The average Bonchev–Trinajstić information content (AvgIpc) is 2.22. The van der Waals surface area contributed by atoms with Crippen LogP contribution < -0.4 is 5.48 Å². The number of allylic oxidation sites excluding steroid dienone is 3. The van der Waals surface area contributed by atoms with E-state index in [2.05, 4.69) is 15.9 Å². The third kappa shape index (κ3) is 3.22. The molecule has 0 aliphatic rings. The Morgan fingerprint density at radius 2 is 1.93 bits per heavy atom. The molecule has 0 fully saturated rings. The van der Waals surface area contributed by atoms with Crippen LogP contribution in [0.2, 0.25) is 0 Å². The molecule has 1 rings (SSSR count). The standard InChI is InChI=1S/C12H13BrNO/c1-3-12(9(2)8-14-15)10-4-6-11(13)7-5-10/h3-8,14H,1-2H3/q-1/b9-8-,12-3+. The van der Waals surface area contributed by atoms with Gasteiger partial charge in [-0.2, -0.15) is 0 Å². The van der Waals surface area contributed by atoms with E-state index >= 15 is 0 Å². The fourth-order valence-corrected chi connectivity index (χ4v) is 1.68. The van der Waals surface area contributed by atoms with Gasteiger partial charge in [-0.25, -0.2) is 0 Å². The molecule has 0 aliphatic carbocycles. The van der Waals surface area contributed by atoms with Gasteiger partial charge in [0.1, 0.15) is 0 Å². The van der Waals surface area contributed by atoms with Crippen LogP contribution >= 0.6 is 15.9 Å². The van der Waals surface area contributed by atoms with Gasteiger partial charge in [-0.1, -0.05) is 34.1 Å². The summed E-state index contributed by atoms with van der Waals surface area (Å²) in [6.07, 6.45) is 3.45. The van der Waals surface area contributed by atoms with E-state index in [1.807, 2.05) is 44.2 Å². The molecule has 0 aliphatic heterocycles. The van der Waals surface area contributed by atoms with Gasteiger partial charge in [-0.15, -0.1) is 0 Å². The SMILES string of the molecule is C/C=C(\C(C)=C/N[O-])c1ccc(Br)cc1. The second-order valence-corrected chi connectivity index (χ2v) is 4.07. The highest BCUT2D eigenvalue weighted by molar-refractivity contribution is 9.10. The molecule has 0 aromatic heterocycles. The molecule has 0 radical (unpaired) electrons. The lowest BCUT2D eigenvalue weighted by Crippen LogP contribution is -1.94. The van der Waals surface area contributed by atoms with Crippen molar-refractivity contribution < 1.29 is 0 Å². The predicted molar refractivity (Wildman–Crippen MR) is 68.1 cm³/mol. The second-order valence-electron chi connectivity index (χ2n) is 3.15. The highest BCUT2D eigenvalue weighted by atomic mass is 79.9. The Hall–Kier alpha value is -1.06. The van der Waals surface area contributed by atoms with Gasteiger partial charge in [0.15, 0.2) is 0 Å². The van der Waals surface area contributed by atoms with E-state index in [4.69, 9.17) is 0 Å². The number of benzene rings is 1.